The fraction of sp³-hybridized carbons (Fsp3) is 0.217. The first-order valence-corrected chi connectivity index (χ1v) is 10.0. The summed E-state index contributed by atoms with van der Waals surface area (Å²) in [5.74, 6) is -0.0334. The molecule has 1 amide bonds. The summed E-state index contributed by atoms with van der Waals surface area (Å²) in [5.41, 5.74) is 4.89. The van der Waals surface area contributed by atoms with E-state index < -0.39 is 17.6 Å². The number of alkyl halides is 3. The maximum absolute atomic E-state index is 13.7. The van der Waals surface area contributed by atoms with Crippen LogP contribution in [0.5, 0.6) is 17.2 Å². The molecule has 1 aromatic heterocycles. The summed E-state index contributed by atoms with van der Waals surface area (Å²) >= 11 is 0. The Labute approximate surface area is 187 Å². The largest absolute Gasteiger partial charge is 0.496 e. The predicted octanol–water partition coefficient (Wildman–Crippen LogP) is 4.79. The molecular formula is C23H21F3N4O3. The van der Waals surface area contributed by atoms with Gasteiger partial charge in [-0.3, -0.25) is 9.78 Å². The first-order valence-electron chi connectivity index (χ1n) is 10.0. The number of rotatable bonds is 8. The van der Waals surface area contributed by atoms with Gasteiger partial charge in [0.1, 0.15) is 17.2 Å². The maximum atomic E-state index is 13.7. The molecule has 3 aromatic rings. The highest BCUT2D eigenvalue weighted by Gasteiger charge is 2.34. The van der Waals surface area contributed by atoms with Gasteiger partial charge in [-0.15, -0.1) is 0 Å². The van der Waals surface area contributed by atoms with Crippen LogP contribution in [0.3, 0.4) is 0 Å². The van der Waals surface area contributed by atoms with E-state index in [1.54, 1.807) is 0 Å². The van der Waals surface area contributed by atoms with Crippen LogP contribution in [0.25, 0.3) is 10.9 Å². The standard InChI is InChI=1S/C23H21F3N4O3/c1-12(29-13-3-4-13)30-18-6-5-14(9-17(18)23(24,25)26)33-20-7-8-28-19-11-21(32-2)16(22(27)31)10-15(19)20/h5-11,13,29-30H,1,3-4H2,2H3,(H2,27,31). The fourth-order valence-electron chi connectivity index (χ4n) is 3.33. The third-order valence-corrected chi connectivity index (χ3v) is 5.05. The van der Waals surface area contributed by atoms with Crippen LogP contribution in [0.1, 0.15) is 28.8 Å². The van der Waals surface area contributed by atoms with Crippen LogP contribution in [0, 0.1) is 0 Å². The molecule has 2 aromatic carbocycles. The lowest BCUT2D eigenvalue weighted by Crippen LogP contribution is -2.22. The number of fused-ring (bicyclic) bond motifs is 1. The van der Waals surface area contributed by atoms with Gasteiger partial charge in [0.2, 0.25) is 0 Å². The number of amides is 1. The third kappa shape index (κ3) is 4.94. The minimum atomic E-state index is -4.63. The summed E-state index contributed by atoms with van der Waals surface area (Å²) in [6.07, 6.45) is -1.27. The van der Waals surface area contributed by atoms with Crippen molar-refractivity contribution in [2.45, 2.75) is 25.1 Å². The molecule has 4 rings (SSSR count). The van der Waals surface area contributed by atoms with Crippen molar-refractivity contribution >= 4 is 22.5 Å². The average Bonchev–Trinajstić information content (AvgIpc) is 3.57. The van der Waals surface area contributed by atoms with E-state index in [0.29, 0.717) is 16.7 Å². The molecule has 33 heavy (non-hydrogen) atoms. The highest BCUT2D eigenvalue weighted by Crippen LogP contribution is 2.40. The topological polar surface area (TPSA) is 98.5 Å². The molecule has 0 saturated heterocycles. The van der Waals surface area contributed by atoms with Crippen molar-refractivity contribution in [3.8, 4) is 17.2 Å². The molecule has 1 aliphatic rings. The van der Waals surface area contributed by atoms with Crippen molar-refractivity contribution in [3.63, 3.8) is 0 Å². The first kappa shape index (κ1) is 22.3. The number of nitrogens with two attached hydrogens (primary N) is 1. The minimum absolute atomic E-state index is 0.0439. The number of hydrogen-bond donors (Lipinski definition) is 3. The molecule has 0 radical (unpaired) electrons. The van der Waals surface area contributed by atoms with E-state index >= 15 is 0 Å². The summed E-state index contributed by atoms with van der Waals surface area (Å²) in [4.78, 5) is 16.0. The monoisotopic (exact) mass is 458 g/mol. The zero-order valence-corrected chi connectivity index (χ0v) is 17.6. The van der Waals surface area contributed by atoms with E-state index in [1.807, 2.05) is 0 Å². The lowest BCUT2D eigenvalue weighted by atomic mass is 10.1. The van der Waals surface area contributed by atoms with Crippen LogP contribution in [0.2, 0.25) is 0 Å². The van der Waals surface area contributed by atoms with Gasteiger partial charge in [-0.25, -0.2) is 0 Å². The Morgan fingerprint density at radius 3 is 2.58 bits per heavy atom. The number of anilines is 1. The van der Waals surface area contributed by atoms with Crippen LogP contribution in [0.4, 0.5) is 18.9 Å². The summed E-state index contributed by atoms with van der Waals surface area (Å²) in [7, 11) is 1.39. The number of carbonyl (C=O) groups is 1. The van der Waals surface area contributed by atoms with Crippen molar-refractivity contribution in [2.24, 2.45) is 5.73 Å². The zero-order valence-electron chi connectivity index (χ0n) is 17.6. The number of ether oxygens (including phenoxy) is 2. The molecule has 0 aliphatic heterocycles. The second-order valence-electron chi connectivity index (χ2n) is 7.57. The summed E-state index contributed by atoms with van der Waals surface area (Å²) < 4.78 is 52.2. The molecule has 10 heteroatoms. The average molecular weight is 458 g/mol. The quantitative estimate of drug-likeness (QED) is 0.449. The Morgan fingerprint density at radius 2 is 1.94 bits per heavy atom. The van der Waals surface area contributed by atoms with E-state index in [4.69, 9.17) is 15.2 Å². The van der Waals surface area contributed by atoms with Crippen molar-refractivity contribution < 1.29 is 27.4 Å². The van der Waals surface area contributed by atoms with Crippen molar-refractivity contribution in [3.05, 3.63) is 66.1 Å². The number of aromatic nitrogens is 1. The number of carbonyl (C=O) groups excluding carboxylic acids is 1. The number of nitrogens with zero attached hydrogens (tertiary/aromatic N) is 1. The van der Waals surface area contributed by atoms with Crippen molar-refractivity contribution in [2.75, 3.05) is 12.4 Å². The van der Waals surface area contributed by atoms with Crippen LogP contribution in [0.15, 0.2) is 55.0 Å². The van der Waals surface area contributed by atoms with E-state index in [0.717, 1.165) is 18.9 Å². The number of benzene rings is 2. The molecule has 7 nitrogen and oxygen atoms in total. The van der Waals surface area contributed by atoms with Crippen LogP contribution in [-0.4, -0.2) is 24.0 Å². The predicted molar refractivity (Wildman–Crippen MR) is 117 cm³/mol. The van der Waals surface area contributed by atoms with Gasteiger partial charge in [-0.2, -0.15) is 13.2 Å². The van der Waals surface area contributed by atoms with E-state index in [9.17, 15) is 18.0 Å². The molecule has 4 N–H and O–H groups in total. The molecular weight excluding hydrogens is 437 g/mol. The molecule has 0 spiro atoms. The summed E-state index contributed by atoms with van der Waals surface area (Å²) in [6.45, 7) is 3.74. The summed E-state index contributed by atoms with van der Waals surface area (Å²) in [5, 5.41) is 6.10. The van der Waals surface area contributed by atoms with E-state index in [2.05, 4.69) is 22.2 Å². The summed E-state index contributed by atoms with van der Waals surface area (Å²) in [6, 6.07) is 8.26. The fourth-order valence-corrected chi connectivity index (χ4v) is 3.33. The first-order chi connectivity index (χ1) is 15.7. The number of pyridine rings is 1. The molecule has 1 fully saturated rings. The normalized spacial score (nSPS) is 13.5. The molecule has 0 atom stereocenters. The highest BCUT2D eigenvalue weighted by molar-refractivity contribution is 6.01. The van der Waals surface area contributed by atoms with Crippen molar-refractivity contribution in [1.82, 2.24) is 10.3 Å². The number of hydrogen-bond acceptors (Lipinski definition) is 6. The molecule has 1 heterocycles. The van der Waals surface area contributed by atoms with Gasteiger partial charge >= 0.3 is 6.18 Å². The van der Waals surface area contributed by atoms with Crippen molar-refractivity contribution in [1.29, 1.82) is 0 Å². The van der Waals surface area contributed by atoms with Gasteiger partial charge in [0.15, 0.2) is 0 Å². The maximum Gasteiger partial charge on any atom is 0.418 e. The Morgan fingerprint density at radius 1 is 1.18 bits per heavy atom. The number of halogens is 3. The molecule has 1 aliphatic carbocycles. The van der Waals surface area contributed by atoms with Crippen LogP contribution in [-0.2, 0) is 6.18 Å². The second-order valence-corrected chi connectivity index (χ2v) is 7.57. The zero-order chi connectivity index (χ0) is 23.8. The van der Waals surface area contributed by atoms with Crippen LogP contribution < -0.4 is 25.8 Å². The lowest BCUT2D eigenvalue weighted by Gasteiger charge is -2.18. The molecule has 1 saturated carbocycles. The third-order valence-electron chi connectivity index (χ3n) is 5.05. The van der Waals surface area contributed by atoms with E-state index in [1.165, 1.54) is 43.6 Å². The number of primary amides is 1. The highest BCUT2D eigenvalue weighted by atomic mass is 19.4. The van der Waals surface area contributed by atoms with Crippen LogP contribution >= 0.6 is 0 Å². The van der Waals surface area contributed by atoms with Gasteiger partial charge in [-0.05, 0) is 43.2 Å². The second kappa shape index (κ2) is 8.53. The minimum Gasteiger partial charge on any atom is -0.496 e. The number of methoxy groups -OCH3 is 1. The van der Waals surface area contributed by atoms with Gasteiger partial charge in [0.25, 0.3) is 5.91 Å². The Kier molecular flexibility index (Phi) is 5.75. The SMILES string of the molecule is C=C(Nc1ccc(Oc2ccnc3cc(OC)c(C(N)=O)cc23)cc1C(F)(F)F)NC1CC1. The Bertz CT molecular complexity index is 1240. The van der Waals surface area contributed by atoms with Gasteiger partial charge in [-0.1, -0.05) is 6.58 Å². The number of nitrogens with one attached hydrogen (secondary N) is 2. The smallest absolute Gasteiger partial charge is 0.418 e. The molecule has 0 bridgehead atoms. The molecule has 172 valence electrons. The molecule has 0 unspecified atom stereocenters. The van der Waals surface area contributed by atoms with Gasteiger partial charge in [0, 0.05) is 23.7 Å². The van der Waals surface area contributed by atoms with E-state index in [-0.39, 0.29) is 34.5 Å². The Balaban J connectivity index is 1.69. The lowest BCUT2D eigenvalue weighted by molar-refractivity contribution is -0.137. The van der Waals surface area contributed by atoms with Gasteiger partial charge < -0.3 is 25.8 Å². The Hall–Kier alpha value is -3.95. The van der Waals surface area contributed by atoms with Gasteiger partial charge in [0.05, 0.1) is 35.3 Å².